The lowest BCUT2D eigenvalue weighted by molar-refractivity contribution is -0.125. The summed E-state index contributed by atoms with van der Waals surface area (Å²) in [5.74, 6) is 0.0627. The number of ether oxygens (including phenoxy) is 1. The lowest BCUT2D eigenvalue weighted by Crippen LogP contribution is -2.54. The molecule has 0 unspecified atom stereocenters. The Hall–Kier alpha value is -3.31. The Kier molecular flexibility index (Phi) is 4.36. The highest BCUT2D eigenvalue weighted by molar-refractivity contribution is 6.31. The van der Waals surface area contributed by atoms with E-state index in [9.17, 15) is 9.59 Å². The highest BCUT2D eigenvalue weighted by atomic mass is 35.5. The molecule has 6 rings (SSSR count). The molecule has 0 saturated carbocycles. The van der Waals surface area contributed by atoms with Crippen LogP contribution in [0, 0.1) is 12.8 Å². The van der Waals surface area contributed by atoms with Crippen LogP contribution < -0.4 is 10.1 Å². The van der Waals surface area contributed by atoms with Gasteiger partial charge < -0.3 is 15.0 Å². The maximum absolute atomic E-state index is 14.2. The molecular weight excluding hydrogens is 436 g/mol. The third-order valence-corrected chi connectivity index (χ3v) is 7.67. The first-order valence-electron chi connectivity index (χ1n) is 11.1. The molecule has 0 aromatic heterocycles. The zero-order valence-electron chi connectivity index (χ0n) is 18.3. The van der Waals surface area contributed by atoms with Gasteiger partial charge in [-0.25, -0.2) is 0 Å². The van der Waals surface area contributed by atoms with Crippen molar-refractivity contribution in [1.29, 1.82) is 0 Å². The van der Waals surface area contributed by atoms with Crippen molar-refractivity contribution in [2.45, 2.75) is 31.3 Å². The molecule has 4 atom stereocenters. The third kappa shape index (κ3) is 2.78. The monoisotopic (exact) mass is 458 g/mol. The molecule has 3 aromatic rings. The minimum atomic E-state index is -1.12. The Balaban J connectivity index is 1.63. The average molecular weight is 459 g/mol. The molecule has 2 amide bonds. The predicted molar refractivity (Wildman–Crippen MR) is 127 cm³/mol. The number of fused-ring (bicyclic) bond motifs is 6. The Morgan fingerprint density at radius 3 is 2.64 bits per heavy atom. The fraction of sp³-hybridized carbons (Fsp3) is 0.259. The van der Waals surface area contributed by atoms with Crippen molar-refractivity contribution >= 4 is 29.1 Å². The van der Waals surface area contributed by atoms with E-state index >= 15 is 0 Å². The quantitative estimate of drug-likeness (QED) is 0.534. The molecule has 0 spiro atoms. The number of nitrogens with one attached hydrogen (secondary N) is 1. The number of aryl methyl sites for hydroxylation is 1. The second-order valence-corrected chi connectivity index (χ2v) is 9.75. The second kappa shape index (κ2) is 7.09. The minimum Gasteiger partial charge on any atom is -0.493 e. The van der Waals surface area contributed by atoms with Gasteiger partial charge in [0.1, 0.15) is 11.3 Å². The van der Waals surface area contributed by atoms with Gasteiger partial charge in [-0.05, 0) is 43.7 Å². The van der Waals surface area contributed by atoms with Crippen LogP contribution in [-0.4, -0.2) is 28.9 Å². The highest BCUT2D eigenvalue weighted by Gasteiger charge is 2.65. The van der Waals surface area contributed by atoms with Crippen LogP contribution in [0.3, 0.4) is 0 Å². The first-order valence-corrected chi connectivity index (χ1v) is 11.5. The summed E-state index contributed by atoms with van der Waals surface area (Å²) in [7, 11) is 0. The number of anilines is 1. The first kappa shape index (κ1) is 20.3. The second-order valence-electron chi connectivity index (χ2n) is 9.32. The maximum Gasteiger partial charge on any atom is 0.257 e. The van der Waals surface area contributed by atoms with Gasteiger partial charge in [-0.2, -0.15) is 0 Å². The van der Waals surface area contributed by atoms with Crippen LogP contribution >= 0.6 is 11.6 Å². The molecule has 0 bridgehead atoms. The maximum atomic E-state index is 14.2. The van der Waals surface area contributed by atoms with Crippen LogP contribution in [0.4, 0.5) is 5.69 Å². The molecule has 5 nitrogen and oxygen atoms in total. The van der Waals surface area contributed by atoms with Gasteiger partial charge >= 0.3 is 0 Å². The molecule has 3 heterocycles. The number of hydrogen-bond acceptors (Lipinski definition) is 3. The van der Waals surface area contributed by atoms with Crippen molar-refractivity contribution in [1.82, 2.24) is 4.90 Å². The zero-order valence-corrected chi connectivity index (χ0v) is 19.1. The Bertz CT molecular complexity index is 1310. The summed E-state index contributed by atoms with van der Waals surface area (Å²) in [6.45, 7) is 4.35. The van der Waals surface area contributed by atoms with Crippen LogP contribution in [0.5, 0.6) is 5.75 Å². The van der Waals surface area contributed by atoms with Crippen LogP contribution in [0.15, 0.2) is 66.7 Å². The summed E-state index contributed by atoms with van der Waals surface area (Å²) in [4.78, 5) is 29.9. The Labute approximate surface area is 197 Å². The molecule has 0 radical (unpaired) electrons. The van der Waals surface area contributed by atoms with Crippen molar-refractivity contribution in [2.24, 2.45) is 5.92 Å². The topological polar surface area (TPSA) is 58.6 Å². The van der Waals surface area contributed by atoms with E-state index in [-0.39, 0.29) is 29.7 Å². The molecule has 166 valence electrons. The van der Waals surface area contributed by atoms with Crippen molar-refractivity contribution in [3.63, 3.8) is 0 Å². The predicted octanol–water partition coefficient (Wildman–Crippen LogP) is 5.35. The number of benzene rings is 3. The molecule has 0 aliphatic carbocycles. The summed E-state index contributed by atoms with van der Waals surface area (Å²) in [5.41, 5.74) is 2.84. The SMILES string of the molecule is Cc1ccc2c(c1)[C@H]1[C@H](CO2)[C@H](c2ccccc2)[C@]2(C)C(=O)Nc3cc(Cl)ccc3C(=O)N12. The van der Waals surface area contributed by atoms with Gasteiger partial charge in [0.05, 0.1) is 23.9 Å². The molecular formula is C27H23ClN2O3. The van der Waals surface area contributed by atoms with Gasteiger partial charge in [0.15, 0.2) is 0 Å². The lowest BCUT2D eigenvalue weighted by Gasteiger charge is -2.38. The summed E-state index contributed by atoms with van der Waals surface area (Å²) < 4.78 is 6.19. The van der Waals surface area contributed by atoms with E-state index in [1.54, 1.807) is 18.2 Å². The molecule has 33 heavy (non-hydrogen) atoms. The number of nitrogens with zero attached hydrogens (tertiary/aromatic N) is 1. The van der Waals surface area contributed by atoms with E-state index in [4.69, 9.17) is 16.3 Å². The standard InChI is InChI=1S/C27H23ClN2O3/c1-15-8-11-22-19(12-15)24-20(14-33-22)23(16-6-4-3-5-7-16)27(2)26(32)29-21-13-17(28)9-10-18(21)25(31)30(24)27/h3-13,20,23-24H,14H2,1-2H3,(H,29,32)/t20-,23+,24+,27-/m1/s1. The van der Waals surface area contributed by atoms with E-state index < -0.39 is 5.54 Å². The summed E-state index contributed by atoms with van der Waals surface area (Å²) >= 11 is 6.21. The van der Waals surface area contributed by atoms with Gasteiger partial charge in [-0.1, -0.05) is 59.6 Å². The molecule has 3 aromatic carbocycles. The smallest absolute Gasteiger partial charge is 0.257 e. The van der Waals surface area contributed by atoms with Gasteiger partial charge in [0, 0.05) is 22.4 Å². The number of carbonyl (C=O) groups is 2. The number of carbonyl (C=O) groups excluding carboxylic acids is 2. The van der Waals surface area contributed by atoms with Crippen molar-refractivity contribution < 1.29 is 14.3 Å². The van der Waals surface area contributed by atoms with E-state index in [0.29, 0.717) is 22.9 Å². The highest BCUT2D eigenvalue weighted by Crippen LogP contribution is 2.60. The van der Waals surface area contributed by atoms with Gasteiger partial charge in [0.2, 0.25) is 0 Å². The van der Waals surface area contributed by atoms with E-state index in [0.717, 1.165) is 22.4 Å². The van der Waals surface area contributed by atoms with Crippen LogP contribution in [0.1, 0.15) is 45.9 Å². The molecule has 1 saturated heterocycles. The Morgan fingerprint density at radius 1 is 1.06 bits per heavy atom. The van der Waals surface area contributed by atoms with Gasteiger partial charge in [-0.3, -0.25) is 9.59 Å². The van der Waals surface area contributed by atoms with Crippen molar-refractivity contribution in [3.05, 3.63) is 94.0 Å². The van der Waals surface area contributed by atoms with Crippen LogP contribution in [0.25, 0.3) is 0 Å². The van der Waals surface area contributed by atoms with Gasteiger partial charge in [-0.15, -0.1) is 0 Å². The summed E-state index contributed by atoms with van der Waals surface area (Å²) in [6, 6.07) is 20.8. The number of rotatable bonds is 1. The largest absolute Gasteiger partial charge is 0.493 e. The van der Waals surface area contributed by atoms with Crippen molar-refractivity contribution in [3.8, 4) is 5.75 Å². The molecule has 3 aliphatic rings. The van der Waals surface area contributed by atoms with Gasteiger partial charge in [0.25, 0.3) is 11.8 Å². The van der Waals surface area contributed by atoms with E-state index in [1.165, 1.54) is 0 Å². The first-order chi connectivity index (χ1) is 15.9. The summed E-state index contributed by atoms with van der Waals surface area (Å²) in [6.07, 6.45) is 0. The van der Waals surface area contributed by atoms with Crippen LogP contribution in [0.2, 0.25) is 5.02 Å². The lowest BCUT2D eigenvalue weighted by atomic mass is 9.73. The molecule has 3 aliphatic heterocycles. The third-order valence-electron chi connectivity index (χ3n) is 7.43. The van der Waals surface area contributed by atoms with E-state index in [1.807, 2.05) is 61.2 Å². The molecule has 6 heteroatoms. The zero-order chi connectivity index (χ0) is 22.9. The summed E-state index contributed by atoms with van der Waals surface area (Å²) in [5, 5.41) is 3.49. The minimum absolute atomic E-state index is 0.0738. The fourth-order valence-corrected chi connectivity index (χ4v) is 6.18. The number of amides is 2. The van der Waals surface area contributed by atoms with Crippen molar-refractivity contribution in [2.75, 3.05) is 11.9 Å². The number of halogens is 1. The normalized spacial score (nSPS) is 27.5. The Morgan fingerprint density at radius 2 is 1.85 bits per heavy atom. The molecule has 1 N–H and O–H groups in total. The number of hydrogen-bond donors (Lipinski definition) is 1. The fourth-order valence-electron chi connectivity index (χ4n) is 6.01. The average Bonchev–Trinajstić information content (AvgIpc) is 3.05. The molecule has 1 fully saturated rings. The van der Waals surface area contributed by atoms with E-state index in [2.05, 4.69) is 11.4 Å². The van der Waals surface area contributed by atoms with Crippen LogP contribution in [-0.2, 0) is 4.79 Å².